The van der Waals surface area contributed by atoms with Crippen LogP contribution in [0.3, 0.4) is 0 Å². The Morgan fingerprint density at radius 2 is 2.15 bits per heavy atom. The second kappa shape index (κ2) is 6.70. The largest absolute Gasteiger partial charge is 0.481 e. The molecule has 0 saturated heterocycles. The first-order valence-electron chi connectivity index (χ1n) is 6.96. The molecular weight excluding hydrogens is 256 g/mol. The molecule has 0 unspecified atom stereocenters. The molecule has 5 heteroatoms. The molecule has 1 saturated carbocycles. The molecule has 0 aliphatic heterocycles. The van der Waals surface area contributed by atoms with Crippen LogP contribution in [0, 0.1) is 5.41 Å². The SMILES string of the molecule is COCC1(CNC(=O)c2ccnc(OC)c2)CCCC1. The quantitative estimate of drug-likeness (QED) is 0.865. The van der Waals surface area contributed by atoms with E-state index in [1.165, 1.54) is 20.0 Å². The maximum atomic E-state index is 12.2. The number of nitrogens with one attached hydrogen (secondary N) is 1. The van der Waals surface area contributed by atoms with E-state index in [0.29, 0.717) is 24.6 Å². The van der Waals surface area contributed by atoms with Crippen LogP contribution in [0.4, 0.5) is 0 Å². The van der Waals surface area contributed by atoms with Crippen molar-refractivity contribution in [3.8, 4) is 5.88 Å². The Bertz CT molecular complexity index is 456. The van der Waals surface area contributed by atoms with Gasteiger partial charge in [-0.3, -0.25) is 4.79 Å². The van der Waals surface area contributed by atoms with Crippen molar-refractivity contribution >= 4 is 5.91 Å². The molecule has 1 N–H and O–H groups in total. The lowest BCUT2D eigenvalue weighted by Gasteiger charge is -2.28. The van der Waals surface area contributed by atoms with Gasteiger partial charge in [0.1, 0.15) is 0 Å². The van der Waals surface area contributed by atoms with E-state index in [-0.39, 0.29) is 11.3 Å². The summed E-state index contributed by atoms with van der Waals surface area (Å²) in [6.07, 6.45) is 6.22. The van der Waals surface area contributed by atoms with Crippen molar-refractivity contribution in [3.05, 3.63) is 23.9 Å². The van der Waals surface area contributed by atoms with Gasteiger partial charge in [0.05, 0.1) is 13.7 Å². The van der Waals surface area contributed by atoms with Gasteiger partial charge in [0.25, 0.3) is 5.91 Å². The van der Waals surface area contributed by atoms with Gasteiger partial charge in [-0.15, -0.1) is 0 Å². The molecule has 1 fully saturated rings. The van der Waals surface area contributed by atoms with Gasteiger partial charge in [-0.1, -0.05) is 12.8 Å². The predicted molar refractivity (Wildman–Crippen MR) is 75.9 cm³/mol. The van der Waals surface area contributed by atoms with Crippen LogP contribution in [0.15, 0.2) is 18.3 Å². The third kappa shape index (κ3) is 3.48. The maximum Gasteiger partial charge on any atom is 0.251 e. The van der Waals surface area contributed by atoms with E-state index in [2.05, 4.69) is 10.3 Å². The fourth-order valence-electron chi connectivity index (χ4n) is 2.84. The van der Waals surface area contributed by atoms with Gasteiger partial charge in [-0.05, 0) is 18.9 Å². The summed E-state index contributed by atoms with van der Waals surface area (Å²) in [5, 5.41) is 3.02. The number of carbonyl (C=O) groups is 1. The molecular formula is C15H22N2O3. The lowest BCUT2D eigenvalue weighted by molar-refractivity contribution is 0.0740. The van der Waals surface area contributed by atoms with Gasteiger partial charge in [0.15, 0.2) is 0 Å². The van der Waals surface area contributed by atoms with Gasteiger partial charge in [-0.2, -0.15) is 0 Å². The van der Waals surface area contributed by atoms with Gasteiger partial charge in [0.2, 0.25) is 5.88 Å². The summed E-state index contributed by atoms with van der Waals surface area (Å²) in [7, 11) is 3.26. The first-order valence-corrected chi connectivity index (χ1v) is 6.96. The fourth-order valence-corrected chi connectivity index (χ4v) is 2.84. The zero-order chi connectivity index (χ0) is 14.4. The van der Waals surface area contributed by atoms with E-state index in [1.807, 2.05) is 0 Å². The molecule has 2 rings (SSSR count). The van der Waals surface area contributed by atoms with Crippen molar-refractivity contribution in [2.45, 2.75) is 25.7 Å². The molecule has 20 heavy (non-hydrogen) atoms. The molecule has 1 amide bonds. The van der Waals surface area contributed by atoms with Crippen molar-refractivity contribution in [1.82, 2.24) is 10.3 Å². The summed E-state index contributed by atoms with van der Waals surface area (Å²) in [4.78, 5) is 16.2. The molecule has 1 aromatic rings. The van der Waals surface area contributed by atoms with Crippen LogP contribution in [0.1, 0.15) is 36.0 Å². The molecule has 110 valence electrons. The molecule has 0 aromatic carbocycles. The van der Waals surface area contributed by atoms with Gasteiger partial charge in [0, 0.05) is 36.9 Å². The molecule has 1 aliphatic carbocycles. The molecule has 0 bridgehead atoms. The summed E-state index contributed by atoms with van der Waals surface area (Å²) in [6.45, 7) is 1.36. The average molecular weight is 278 g/mol. The van der Waals surface area contributed by atoms with Crippen LogP contribution in [0.2, 0.25) is 0 Å². The van der Waals surface area contributed by atoms with Crippen LogP contribution in [-0.2, 0) is 4.74 Å². The van der Waals surface area contributed by atoms with Crippen molar-refractivity contribution in [2.75, 3.05) is 27.4 Å². The Morgan fingerprint density at radius 3 is 2.80 bits per heavy atom. The number of aromatic nitrogens is 1. The molecule has 5 nitrogen and oxygen atoms in total. The van der Waals surface area contributed by atoms with E-state index in [9.17, 15) is 4.79 Å². The number of hydrogen-bond acceptors (Lipinski definition) is 4. The lowest BCUT2D eigenvalue weighted by atomic mass is 9.87. The Morgan fingerprint density at radius 1 is 1.40 bits per heavy atom. The number of carbonyl (C=O) groups excluding carboxylic acids is 1. The Hall–Kier alpha value is -1.62. The monoisotopic (exact) mass is 278 g/mol. The van der Waals surface area contributed by atoms with E-state index in [0.717, 1.165) is 12.8 Å². The normalized spacial score (nSPS) is 16.9. The molecule has 1 aliphatic rings. The summed E-state index contributed by atoms with van der Waals surface area (Å²) in [5.74, 6) is 0.359. The van der Waals surface area contributed by atoms with Crippen LogP contribution in [0.5, 0.6) is 5.88 Å². The highest BCUT2D eigenvalue weighted by atomic mass is 16.5. The third-order valence-electron chi connectivity index (χ3n) is 3.94. The number of ether oxygens (including phenoxy) is 2. The second-order valence-corrected chi connectivity index (χ2v) is 5.41. The smallest absolute Gasteiger partial charge is 0.251 e. The van der Waals surface area contributed by atoms with Crippen molar-refractivity contribution in [3.63, 3.8) is 0 Å². The van der Waals surface area contributed by atoms with Gasteiger partial charge in [-0.25, -0.2) is 4.98 Å². The molecule has 0 atom stereocenters. The van der Waals surface area contributed by atoms with Crippen LogP contribution >= 0.6 is 0 Å². The summed E-state index contributed by atoms with van der Waals surface area (Å²) < 4.78 is 10.4. The third-order valence-corrected chi connectivity index (χ3v) is 3.94. The Kier molecular flexibility index (Phi) is 4.95. The minimum absolute atomic E-state index is 0.0897. The predicted octanol–water partition coefficient (Wildman–Crippen LogP) is 2.03. The molecule has 1 aromatic heterocycles. The topological polar surface area (TPSA) is 60.5 Å². The standard InChI is InChI=1S/C15H22N2O3/c1-19-11-15(6-3-4-7-15)10-17-14(18)12-5-8-16-13(9-12)20-2/h5,8-9H,3-4,6-7,10-11H2,1-2H3,(H,17,18). The summed E-state index contributed by atoms with van der Waals surface area (Å²) in [5.41, 5.74) is 0.670. The van der Waals surface area contributed by atoms with E-state index >= 15 is 0 Å². The zero-order valence-corrected chi connectivity index (χ0v) is 12.1. The first kappa shape index (κ1) is 14.8. The highest BCUT2D eigenvalue weighted by Crippen LogP contribution is 2.37. The second-order valence-electron chi connectivity index (χ2n) is 5.41. The highest BCUT2D eigenvalue weighted by molar-refractivity contribution is 5.94. The number of methoxy groups -OCH3 is 2. The molecule has 0 spiro atoms. The minimum atomic E-state index is -0.0897. The molecule has 1 heterocycles. The number of hydrogen-bond donors (Lipinski definition) is 1. The number of rotatable bonds is 6. The van der Waals surface area contributed by atoms with Crippen LogP contribution < -0.4 is 10.1 Å². The van der Waals surface area contributed by atoms with Gasteiger partial charge < -0.3 is 14.8 Å². The van der Waals surface area contributed by atoms with Crippen LogP contribution in [-0.4, -0.2) is 38.3 Å². The van der Waals surface area contributed by atoms with Gasteiger partial charge >= 0.3 is 0 Å². The maximum absolute atomic E-state index is 12.2. The Labute approximate surface area is 119 Å². The highest BCUT2D eigenvalue weighted by Gasteiger charge is 2.34. The van der Waals surface area contributed by atoms with E-state index in [4.69, 9.17) is 9.47 Å². The lowest BCUT2D eigenvalue weighted by Crippen LogP contribution is -2.38. The summed E-state index contributed by atoms with van der Waals surface area (Å²) in [6, 6.07) is 3.34. The van der Waals surface area contributed by atoms with Crippen LogP contribution in [0.25, 0.3) is 0 Å². The first-order chi connectivity index (χ1) is 9.69. The van der Waals surface area contributed by atoms with Crippen molar-refractivity contribution in [1.29, 1.82) is 0 Å². The number of amides is 1. The van der Waals surface area contributed by atoms with Crippen molar-refractivity contribution in [2.24, 2.45) is 5.41 Å². The van der Waals surface area contributed by atoms with E-state index in [1.54, 1.807) is 25.4 Å². The van der Waals surface area contributed by atoms with Crippen molar-refractivity contribution < 1.29 is 14.3 Å². The molecule has 0 radical (unpaired) electrons. The number of nitrogens with zero attached hydrogens (tertiary/aromatic N) is 1. The van der Waals surface area contributed by atoms with E-state index < -0.39 is 0 Å². The fraction of sp³-hybridized carbons (Fsp3) is 0.600. The average Bonchev–Trinajstić information content (AvgIpc) is 2.94. The zero-order valence-electron chi connectivity index (χ0n) is 12.1. The Balaban J connectivity index is 1.96. The number of pyridine rings is 1. The summed E-state index contributed by atoms with van der Waals surface area (Å²) >= 11 is 0. The minimum Gasteiger partial charge on any atom is -0.481 e.